The fourth-order valence-corrected chi connectivity index (χ4v) is 2.38. The van der Waals surface area contributed by atoms with Crippen molar-refractivity contribution >= 4 is 12.0 Å². The number of amides is 2. The zero-order valence-corrected chi connectivity index (χ0v) is 12.2. The molecule has 0 aromatic rings. The van der Waals surface area contributed by atoms with Crippen LogP contribution >= 0.6 is 0 Å². The molecule has 2 amide bonds. The van der Waals surface area contributed by atoms with Crippen LogP contribution in [0.3, 0.4) is 0 Å². The highest BCUT2D eigenvalue weighted by molar-refractivity contribution is 5.85. The summed E-state index contributed by atoms with van der Waals surface area (Å²) in [6.07, 6.45) is 4.75. The number of carboxylic acids is 1. The monoisotopic (exact) mass is 270 g/mol. The number of hydrogen-bond acceptors (Lipinski definition) is 2. The number of urea groups is 1. The van der Waals surface area contributed by atoms with Crippen LogP contribution in [0.25, 0.3) is 0 Å². The smallest absolute Gasteiger partial charge is 0.329 e. The van der Waals surface area contributed by atoms with Crippen molar-refractivity contribution in [1.82, 2.24) is 10.2 Å². The van der Waals surface area contributed by atoms with Gasteiger partial charge in [-0.2, -0.15) is 0 Å². The van der Waals surface area contributed by atoms with E-state index in [4.69, 9.17) is 0 Å². The van der Waals surface area contributed by atoms with Crippen LogP contribution in [0.5, 0.6) is 0 Å². The van der Waals surface area contributed by atoms with Gasteiger partial charge in [0.15, 0.2) is 0 Å². The molecule has 1 atom stereocenters. The van der Waals surface area contributed by atoms with E-state index in [9.17, 15) is 14.7 Å². The van der Waals surface area contributed by atoms with Crippen LogP contribution < -0.4 is 5.32 Å². The Bertz CT molecular complexity index is 329. The lowest BCUT2D eigenvalue weighted by molar-refractivity contribution is -0.144. The Balaban J connectivity index is 2.60. The molecule has 0 heterocycles. The third-order valence-corrected chi connectivity index (χ3v) is 3.98. The third-order valence-electron chi connectivity index (χ3n) is 3.98. The number of carboxylic acid groups (broad SMARTS) is 1. The standard InChI is InChI=1S/C14H26N2O3/c1-4-9-14(3,12(17)18)15-13(19)16(5-2)10-11-7-6-8-11/h11H,4-10H2,1-3H3,(H,15,19)(H,17,18). The predicted octanol–water partition coefficient (Wildman–Crippen LogP) is 2.46. The summed E-state index contributed by atoms with van der Waals surface area (Å²) in [7, 11) is 0. The minimum atomic E-state index is -1.17. The van der Waals surface area contributed by atoms with Gasteiger partial charge in [0.25, 0.3) is 0 Å². The second-order valence-corrected chi connectivity index (χ2v) is 5.65. The molecule has 0 radical (unpaired) electrons. The number of carbonyl (C=O) groups is 2. The van der Waals surface area contributed by atoms with E-state index in [1.807, 2.05) is 13.8 Å². The van der Waals surface area contributed by atoms with E-state index in [1.165, 1.54) is 19.3 Å². The molecule has 0 saturated heterocycles. The number of hydrogen-bond donors (Lipinski definition) is 2. The normalized spacial score (nSPS) is 18.3. The van der Waals surface area contributed by atoms with Crippen LogP contribution in [-0.2, 0) is 4.79 Å². The Labute approximate surface area is 115 Å². The maximum absolute atomic E-state index is 12.2. The van der Waals surface area contributed by atoms with Gasteiger partial charge in [0.05, 0.1) is 0 Å². The van der Waals surface area contributed by atoms with Gasteiger partial charge in [-0.15, -0.1) is 0 Å². The summed E-state index contributed by atoms with van der Waals surface area (Å²) < 4.78 is 0. The molecule has 1 fully saturated rings. The fourth-order valence-electron chi connectivity index (χ4n) is 2.38. The van der Waals surface area contributed by atoms with E-state index in [0.29, 0.717) is 18.9 Å². The first-order chi connectivity index (χ1) is 8.92. The number of nitrogens with one attached hydrogen (secondary N) is 1. The lowest BCUT2D eigenvalue weighted by atomic mass is 9.85. The first-order valence-corrected chi connectivity index (χ1v) is 7.23. The summed E-state index contributed by atoms with van der Waals surface area (Å²) in [5.74, 6) is -0.379. The minimum Gasteiger partial charge on any atom is -0.480 e. The van der Waals surface area contributed by atoms with Gasteiger partial charge < -0.3 is 15.3 Å². The third kappa shape index (κ3) is 4.11. The van der Waals surface area contributed by atoms with Crippen LogP contribution in [0, 0.1) is 5.92 Å². The summed E-state index contributed by atoms with van der Waals surface area (Å²) in [6, 6.07) is -0.257. The van der Waals surface area contributed by atoms with Gasteiger partial charge in [-0.25, -0.2) is 9.59 Å². The molecule has 0 aliphatic heterocycles. The molecule has 0 bridgehead atoms. The van der Waals surface area contributed by atoms with Gasteiger partial charge in [0.1, 0.15) is 5.54 Å². The van der Waals surface area contributed by atoms with Crippen LogP contribution in [0.15, 0.2) is 0 Å². The van der Waals surface area contributed by atoms with Crippen molar-refractivity contribution in [3.8, 4) is 0 Å². The number of rotatable bonds is 7. The summed E-state index contributed by atoms with van der Waals surface area (Å²) in [5.41, 5.74) is -1.17. The highest BCUT2D eigenvalue weighted by Gasteiger charge is 2.35. The molecule has 1 saturated carbocycles. The molecule has 1 rings (SSSR count). The molecule has 2 N–H and O–H groups in total. The maximum atomic E-state index is 12.2. The zero-order chi connectivity index (χ0) is 14.5. The van der Waals surface area contributed by atoms with E-state index in [2.05, 4.69) is 5.32 Å². The molecule has 1 unspecified atom stereocenters. The number of nitrogens with zero attached hydrogens (tertiary/aromatic N) is 1. The molecule has 1 aliphatic rings. The molecule has 0 aromatic heterocycles. The first kappa shape index (κ1) is 15.8. The Kier molecular flexibility index (Phi) is 5.63. The Morgan fingerprint density at radius 3 is 2.37 bits per heavy atom. The van der Waals surface area contributed by atoms with Crippen molar-refractivity contribution in [3.63, 3.8) is 0 Å². The average Bonchev–Trinajstić information content (AvgIpc) is 2.27. The molecular formula is C14H26N2O3. The van der Waals surface area contributed by atoms with Crippen molar-refractivity contribution in [2.45, 2.75) is 58.4 Å². The van der Waals surface area contributed by atoms with Crippen LogP contribution in [0.4, 0.5) is 4.79 Å². The largest absolute Gasteiger partial charge is 0.480 e. The molecule has 1 aliphatic carbocycles. The van der Waals surface area contributed by atoms with Gasteiger partial charge in [-0.05, 0) is 39.0 Å². The van der Waals surface area contributed by atoms with Crippen molar-refractivity contribution in [2.75, 3.05) is 13.1 Å². The average molecular weight is 270 g/mol. The highest BCUT2D eigenvalue weighted by atomic mass is 16.4. The molecule has 110 valence electrons. The molecule has 5 heteroatoms. The van der Waals surface area contributed by atoms with Gasteiger partial charge >= 0.3 is 12.0 Å². The van der Waals surface area contributed by atoms with Gasteiger partial charge in [0.2, 0.25) is 0 Å². The molecule has 0 aromatic carbocycles. The van der Waals surface area contributed by atoms with Crippen molar-refractivity contribution in [3.05, 3.63) is 0 Å². The SMILES string of the molecule is CCCC(C)(NC(=O)N(CC)CC1CCC1)C(=O)O. The van der Waals surface area contributed by atoms with E-state index in [0.717, 1.165) is 13.0 Å². The van der Waals surface area contributed by atoms with Crippen molar-refractivity contribution in [1.29, 1.82) is 0 Å². The second-order valence-electron chi connectivity index (χ2n) is 5.65. The highest BCUT2D eigenvalue weighted by Crippen LogP contribution is 2.27. The topological polar surface area (TPSA) is 69.6 Å². The Morgan fingerprint density at radius 1 is 1.37 bits per heavy atom. The van der Waals surface area contributed by atoms with Crippen LogP contribution in [-0.4, -0.2) is 40.6 Å². The summed E-state index contributed by atoms with van der Waals surface area (Å²) >= 11 is 0. The summed E-state index contributed by atoms with van der Waals surface area (Å²) in [6.45, 7) is 6.78. The Morgan fingerprint density at radius 2 is 2.00 bits per heavy atom. The van der Waals surface area contributed by atoms with E-state index >= 15 is 0 Å². The molecule has 5 nitrogen and oxygen atoms in total. The lowest BCUT2D eigenvalue weighted by Crippen LogP contribution is -2.56. The van der Waals surface area contributed by atoms with Gasteiger partial charge in [-0.3, -0.25) is 0 Å². The summed E-state index contributed by atoms with van der Waals surface area (Å²) in [4.78, 5) is 25.2. The quantitative estimate of drug-likeness (QED) is 0.746. The van der Waals surface area contributed by atoms with Gasteiger partial charge in [0, 0.05) is 13.1 Å². The first-order valence-electron chi connectivity index (χ1n) is 7.23. The maximum Gasteiger partial charge on any atom is 0.329 e. The molecule has 0 spiro atoms. The lowest BCUT2D eigenvalue weighted by Gasteiger charge is -2.34. The number of carbonyl (C=O) groups excluding carboxylic acids is 1. The minimum absolute atomic E-state index is 0.257. The van der Waals surface area contributed by atoms with E-state index in [1.54, 1.807) is 11.8 Å². The van der Waals surface area contributed by atoms with Crippen molar-refractivity contribution in [2.24, 2.45) is 5.92 Å². The zero-order valence-electron chi connectivity index (χ0n) is 12.2. The van der Waals surface area contributed by atoms with E-state index < -0.39 is 11.5 Å². The Hall–Kier alpha value is -1.26. The second kappa shape index (κ2) is 6.78. The van der Waals surface area contributed by atoms with Crippen LogP contribution in [0.1, 0.15) is 52.9 Å². The summed E-state index contributed by atoms with van der Waals surface area (Å²) in [5, 5.41) is 12.0. The van der Waals surface area contributed by atoms with E-state index in [-0.39, 0.29) is 6.03 Å². The van der Waals surface area contributed by atoms with Crippen LogP contribution in [0.2, 0.25) is 0 Å². The molecular weight excluding hydrogens is 244 g/mol. The fraction of sp³-hybridized carbons (Fsp3) is 0.857. The van der Waals surface area contributed by atoms with Crippen molar-refractivity contribution < 1.29 is 14.7 Å². The van der Waals surface area contributed by atoms with Gasteiger partial charge in [-0.1, -0.05) is 19.8 Å². The molecule has 19 heavy (non-hydrogen) atoms. The predicted molar refractivity (Wildman–Crippen MR) is 74.1 cm³/mol. The number of aliphatic carboxylic acids is 1.